The number of anilines is 1. The van der Waals surface area contributed by atoms with Gasteiger partial charge in [0.2, 0.25) is 0 Å². The molecular formula is C23H21Cl2N3O3. The summed E-state index contributed by atoms with van der Waals surface area (Å²) in [5.41, 5.74) is 3.44. The zero-order valence-corrected chi connectivity index (χ0v) is 18.4. The van der Waals surface area contributed by atoms with E-state index in [0.717, 1.165) is 27.7 Å². The van der Waals surface area contributed by atoms with Gasteiger partial charge in [-0.3, -0.25) is 9.59 Å². The van der Waals surface area contributed by atoms with Gasteiger partial charge in [-0.1, -0.05) is 47.5 Å². The third-order valence-electron chi connectivity index (χ3n) is 6.44. The number of benzene rings is 2. The highest BCUT2D eigenvalue weighted by Crippen LogP contribution is 2.54. The second-order valence-corrected chi connectivity index (χ2v) is 8.87. The molecule has 2 aliphatic heterocycles. The quantitative estimate of drug-likeness (QED) is 0.573. The topological polar surface area (TPSA) is 74.4 Å². The molecule has 3 heterocycles. The van der Waals surface area contributed by atoms with E-state index in [1.807, 2.05) is 36.5 Å². The molecule has 0 spiro atoms. The number of rotatable bonds is 3. The molecule has 0 saturated carbocycles. The number of nitrogens with one attached hydrogen (secondary N) is 2. The van der Waals surface area contributed by atoms with Gasteiger partial charge < -0.3 is 19.9 Å². The third kappa shape index (κ3) is 3.08. The smallest absolute Gasteiger partial charge is 0.303 e. The highest BCUT2D eigenvalue weighted by atomic mass is 35.5. The molecule has 1 amide bonds. The van der Waals surface area contributed by atoms with Crippen LogP contribution in [0.25, 0.3) is 10.9 Å². The Labute approximate surface area is 189 Å². The maximum Gasteiger partial charge on any atom is 0.303 e. The van der Waals surface area contributed by atoms with Crippen molar-refractivity contribution < 1.29 is 14.3 Å². The zero-order chi connectivity index (χ0) is 21.8. The molecule has 160 valence electrons. The highest BCUT2D eigenvalue weighted by Gasteiger charge is 2.53. The Hall–Kier alpha value is -2.70. The van der Waals surface area contributed by atoms with Crippen molar-refractivity contribution >= 4 is 51.7 Å². The van der Waals surface area contributed by atoms with Crippen molar-refractivity contribution in [2.24, 2.45) is 0 Å². The van der Waals surface area contributed by atoms with Crippen molar-refractivity contribution in [1.82, 2.24) is 9.88 Å². The maximum absolute atomic E-state index is 12.9. The number of amides is 1. The molecule has 2 N–H and O–H groups in total. The summed E-state index contributed by atoms with van der Waals surface area (Å²) in [6, 6.07) is 12.0. The van der Waals surface area contributed by atoms with Crippen molar-refractivity contribution in [1.29, 1.82) is 0 Å². The number of para-hydroxylation sites is 1. The second kappa shape index (κ2) is 7.46. The first-order chi connectivity index (χ1) is 14.9. The van der Waals surface area contributed by atoms with Crippen LogP contribution in [0.3, 0.4) is 0 Å². The predicted octanol–water partition coefficient (Wildman–Crippen LogP) is 4.35. The van der Waals surface area contributed by atoms with E-state index in [1.54, 1.807) is 4.90 Å². The van der Waals surface area contributed by atoms with Crippen LogP contribution in [-0.2, 0) is 19.7 Å². The number of likely N-dealkylation sites (tertiary alicyclic amines) is 1. The lowest BCUT2D eigenvalue weighted by Crippen LogP contribution is -2.56. The van der Waals surface area contributed by atoms with Crippen LogP contribution >= 0.6 is 23.2 Å². The molecule has 31 heavy (non-hydrogen) atoms. The predicted molar refractivity (Wildman–Crippen MR) is 121 cm³/mol. The number of aromatic amines is 1. The summed E-state index contributed by atoms with van der Waals surface area (Å²) in [6.07, 6.45) is 2.74. The number of hydrogen-bond donors (Lipinski definition) is 2. The summed E-state index contributed by atoms with van der Waals surface area (Å²) in [6.45, 7) is 2.04. The van der Waals surface area contributed by atoms with Crippen LogP contribution in [-0.4, -0.2) is 47.5 Å². The Bertz CT molecular complexity index is 1210. The first kappa shape index (κ1) is 20.2. The zero-order valence-electron chi connectivity index (χ0n) is 16.9. The summed E-state index contributed by atoms with van der Waals surface area (Å²) in [5.74, 6) is -0.676. The average Bonchev–Trinajstić information content (AvgIpc) is 3.34. The molecule has 5 rings (SSSR count). The molecule has 8 heteroatoms. The molecule has 2 aliphatic rings. The number of H-pyrrole nitrogens is 1. The lowest BCUT2D eigenvalue weighted by molar-refractivity contribution is -0.151. The van der Waals surface area contributed by atoms with Crippen LogP contribution in [0.5, 0.6) is 0 Å². The van der Waals surface area contributed by atoms with E-state index in [0.29, 0.717) is 29.6 Å². The van der Waals surface area contributed by atoms with Crippen molar-refractivity contribution in [2.75, 3.05) is 25.0 Å². The molecule has 1 fully saturated rings. The Kier molecular flexibility index (Phi) is 4.87. The van der Waals surface area contributed by atoms with Crippen molar-refractivity contribution in [2.45, 2.75) is 24.8 Å². The fourth-order valence-corrected chi connectivity index (χ4v) is 5.43. The molecule has 2 atom stereocenters. The van der Waals surface area contributed by atoms with Crippen LogP contribution in [0.1, 0.15) is 24.5 Å². The van der Waals surface area contributed by atoms with Crippen molar-refractivity contribution in [3.05, 3.63) is 63.8 Å². The molecule has 0 aliphatic carbocycles. The molecule has 1 saturated heterocycles. The minimum atomic E-state index is -0.521. The molecule has 2 aromatic carbocycles. The number of ether oxygens (including phenoxy) is 1. The molecule has 0 radical (unpaired) electrons. The number of carbonyl (C=O) groups is 2. The van der Waals surface area contributed by atoms with Crippen LogP contribution in [0.2, 0.25) is 10.0 Å². The van der Waals surface area contributed by atoms with Crippen LogP contribution in [0, 0.1) is 0 Å². The van der Waals surface area contributed by atoms with E-state index >= 15 is 0 Å². The van der Waals surface area contributed by atoms with E-state index in [1.165, 1.54) is 6.92 Å². The van der Waals surface area contributed by atoms with Gasteiger partial charge >= 0.3 is 5.97 Å². The number of halogens is 2. The lowest BCUT2D eigenvalue weighted by Gasteiger charge is -2.45. The van der Waals surface area contributed by atoms with E-state index < -0.39 is 11.4 Å². The van der Waals surface area contributed by atoms with Gasteiger partial charge in [0, 0.05) is 43.2 Å². The minimum Gasteiger partial charge on any atom is -0.456 e. The van der Waals surface area contributed by atoms with Gasteiger partial charge in [0.15, 0.2) is 6.61 Å². The third-order valence-corrected chi connectivity index (χ3v) is 7.24. The number of piperidine rings is 1. The molecule has 3 aromatic rings. The summed E-state index contributed by atoms with van der Waals surface area (Å²) in [5, 5.41) is 5.68. The first-order valence-corrected chi connectivity index (χ1v) is 10.9. The van der Waals surface area contributed by atoms with Gasteiger partial charge in [-0.05, 0) is 29.7 Å². The Morgan fingerprint density at radius 1 is 1.19 bits per heavy atom. The SMILES string of the molecule is CC(=O)OCC(=O)N1CCC2Nc3c(ccc(Cl)c3Cl)C2(c2c[nH]c3ccccc23)C1. The first-order valence-electron chi connectivity index (χ1n) is 10.1. The Morgan fingerprint density at radius 3 is 2.81 bits per heavy atom. The fourth-order valence-electron chi connectivity index (χ4n) is 5.05. The summed E-state index contributed by atoms with van der Waals surface area (Å²) in [4.78, 5) is 29.2. The molecule has 1 aromatic heterocycles. The number of hydrogen-bond acceptors (Lipinski definition) is 4. The highest BCUT2D eigenvalue weighted by molar-refractivity contribution is 6.44. The van der Waals surface area contributed by atoms with Crippen LogP contribution < -0.4 is 5.32 Å². The summed E-state index contributed by atoms with van der Waals surface area (Å²) in [7, 11) is 0. The van der Waals surface area contributed by atoms with E-state index in [4.69, 9.17) is 27.9 Å². The number of esters is 1. The van der Waals surface area contributed by atoms with Crippen LogP contribution in [0.4, 0.5) is 5.69 Å². The number of fused-ring (bicyclic) bond motifs is 4. The van der Waals surface area contributed by atoms with Crippen LogP contribution in [0.15, 0.2) is 42.6 Å². The maximum atomic E-state index is 12.9. The van der Waals surface area contributed by atoms with Gasteiger partial charge in [-0.2, -0.15) is 0 Å². The van der Waals surface area contributed by atoms with E-state index in [9.17, 15) is 9.59 Å². The second-order valence-electron chi connectivity index (χ2n) is 8.08. The Balaban J connectivity index is 1.66. The van der Waals surface area contributed by atoms with Gasteiger partial charge in [-0.25, -0.2) is 0 Å². The van der Waals surface area contributed by atoms with E-state index in [2.05, 4.69) is 16.4 Å². The largest absolute Gasteiger partial charge is 0.456 e. The van der Waals surface area contributed by atoms with E-state index in [-0.39, 0.29) is 18.6 Å². The standard InChI is InChI=1S/C23H21Cl2N3O3/c1-13(29)31-11-20(30)28-9-8-19-23(12-28,15-6-7-17(24)21(25)22(15)27-19)16-10-26-18-5-3-2-4-14(16)18/h2-7,10,19,26-27H,8-9,11-12H2,1H3. The molecule has 6 nitrogen and oxygen atoms in total. The normalized spacial score (nSPS) is 22.0. The van der Waals surface area contributed by atoms with Crippen molar-refractivity contribution in [3.8, 4) is 0 Å². The van der Waals surface area contributed by atoms with Gasteiger partial charge in [0.1, 0.15) is 0 Å². The van der Waals surface area contributed by atoms with Crippen molar-refractivity contribution in [3.63, 3.8) is 0 Å². The molecular weight excluding hydrogens is 437 g/mol. The van der Waals surface area contributed by atoms with Gasteiger partial charge in [0.25, 0.3) is 5.91 Å². The van der Waals surface area contributed by atoms with Gasteiger partial charge in [-0.15, -0.1) is 0 Å². The average molecular weight is 458 g/mol. The lowest BCUT2D eigenvalue weighted by atomic mass is 9.68. The fraction of sp³-hybridized carbons (Fsp3) is 0.304. The number of aromatic nitrogens is 1. The minimum absolute atomic E-state index is 0.0375. The van der Waals surface area contributed by atoms with Gasteiger partial charge in [0.05, 0.1) is 21.1 Å². The number of carbonyl (C=O) groups excluding carboxylic acids is 2. The monoisotopic (exact) mass is 457 g/mol. The number of nitrogens with zero attached hydrogens (tertiary/aromatic N) is 1. The molecule has 0 bridgehead atoms. The summed E-state index contributed by atoms with van der Waals surface area (Å²) < 4.78 is 4.98. The molecule has 2 unspecified atom stereocenters. The summed E-state index contributed by atoms with van der Waals surface area (Å²) >= 11 is 12.9. The Morgan fingerprint density at radius 2 is 2.00 bits per heavy atom.